The molecule has 3 rings (SSSR count). The first-order valence-corrected chi connectivity index (χ1v) is 8.57. The number of fused-ring (bicyclic) bond motifs is 1. The molecule has 0 amide bonds. The maximum Gasteiger partial charge on any atom is 0.180 e. The van der Waals surface area contributed by atoms with E-state index >= 15 is 0 Å². The molecule has 0 spiro atoms. The third-order valence-electron chi connectivity index (χ3n) is 4.65. The summed E-state index contributed by atoms with van der Waals surface area (Å²) in [4.78, 5) is 15.7. The van der Waals surface area contributed by atoms with Crippen LogP contribution in [0.5, 0.6) is 0 Å². The number of hydrogen-bond donors (Lipinski definition) is 0. The highest BCUT2D eigenvalue weighted by molar-refractivity contribution is 5.85. The van der Waals surface area contributed by atoms with E-state index in [1.54, 1.807) is 19.5 Å². The molecule has 0 bridgehead atoms. The summed E-state index contributed by atoms with van der Waals surface area (Å²) < 4.78 is 5.16. The first-order chi connectivity index (χ1) is 11.3. The fourth-order valence-electron chi connectivity index (χ4n) is 3.68. The molecule has 0 aromatic carbocycles. The molecule has 2 aromatic rings. The van der Waals surface area contributed by atoms with Gasteiger partial charge in [-0.15, -0.1) is 0 Å². The van der Waals surface area contributed by atoms with Gasteiger partial charge in [0.2, 0.25) is 0 Å². The summed E-state index contributed by atoms with van der Waals surface area (Å²) in [5.74, 6) is 1.45. The molecule has 1 fully saturated rings. The van der Waals surface area contributed by atoms with Crippen molar-refractivity contribution in [3.8, 4) is 0 Å². The first-order valence-electron chi connectivity index (χ1n) is 8.57. The number of aromatic nitrogens is 3. The fraction of sp³-hybridized carbons (Fsp3) is 0.611. The van der Waals surface area contributed by atoms with E-state index in [0.29, 0.717) is 5.92 Å². The molecule has 0 radical (unpaired) electrons. The van der Waals surface area contributed by atoms with Crippen LogP contribution in [-0.4, -0.2) is 41.8 Å². The van der Waals surface area contributed by atoms with Crippen LogP contribution in [0.2, 0.25) is 0 Å². The zero-order chi connectivity index (χ0) is 16.1. The third-order valence-corrected chi connectivity index (χ3v) is 4.65. The van der Waals surface area contributed by atoms with Crippen molar-refractivity contribution in [2.24, 2.45) is 11.8 Å². The van der Waals surface area contributed by atoms with Crippen LogP contribution < -0.4 is 4.90 Å². The van der Waals surface area contributed by atoms with Crippen LogP contribution in [-0.2, 0) is 4.74 Å². The van der Waals surface area contributed by atoms with Crippen molar-refractivity contribution in [2.75, 3.05) is 31.7 Å². The lowest BCUT2D eigenvalue weighted by atomic mass is 9.86. The van der Waals surface area contributed by atoms with Gasteiger partial charge in [-0.25, -0.2) is 15.0 Å². The molecular weight excluding hydrogens is 288 g/mol. The molecule has 3 heterocycles. The molecule has 0 N–H and O–H groups in total. The number of hydrogen-bond acceptors (Lipinski definition) is 5. The molecule has 124 valence electrons. The predicted octanol–water partition coefficient (Wildman–Crippen LogP) is 3.30. The maximum atomic E-state index is 5.16. The number of nitrogens with zero attached hydrogens (tertiary/aromatic N) is 4. The summed E-state index contributed by atoms with van der Waals surface area (Å²) in [5.41, 5.74) is 2.83. The molecule has 5 heteroatoms. The SMILES string of the molecule is COCCCC[C@@H]1C[C@H](C)CN(c2ccnc3nccnc23)C1. The highest BCUT2D eigenvalue weighted by Gasteiger charge is 2.26. The van der Waals surface area contributed by atoms with E-state index < -0.39 is 0 Å². The van der Waals surface area contributed by atoms with Crippen LogP contribution in [0.25, 0.3) is 11.2 Å². The van der Waals surface area contributed by atoms with Crippen LogP contribution >= 0.6 is 0 Å². The molecule has 0 unspecified atom stereocenters. The zero-order valence-electron chi connectivity index (χ0n) is 14.1. The Kier molecular flexibility index (Phi) is 5.39. The first kappa shape index (κ1) is 16.1. The van der Waals surface area contributed by atoms with Gasteiger partial charge in [0.25, 0.3) is 0 Å². The summed E-state index contributed by atoms with van der Waals surface area (Å²) in [5, 5.41) is 0. The van der Waals surface area contributed by atoms with E-state index in [0.717, 1.165) is 43.2 Å². The predicted molar refractivity (Wildman–Crippen MR) is 92.5 cm³/mol. The Bertz CT molecular complexity index is 628. The number of unbranched alkanes of at least 4 members (excludes halogenated alkanes) is 1. The van der Waals surface area contributed by atoms with Gasteiger partial charge in [-0.05, 0) is 37.2 Å². The van der Waals surface area contributed by atoms with Crippen molar-refractivity contribution >= 4 is 16.9 Å². The van der Waals surface area contributed by atoms with Crippen molar-refractivity contribution in [1.29, 1.82) is 0 Å². The Morgan fingerprint density at radius 3 is 2.83 bits per heavy atom. The molecule has 5 nitrogen and oxygen atoms in total. The second-order valence-electron chi connectivity index (χ2n) is 6.66. The average Bonchev–Trinajstić information content (AvgIpc) is 2.58. The second-order valence-corrected chi connectivity index (χ2v) is 6.66. The van der Waals surface area contributed by atoms with Gasteiger partial charge in [0.05, 0.1) is 5.69 Å². The highest BCUT2D eigenvalue weighted by atomic mass is 16.5. The highest BCUT2D eigenvalue weighted by Crippen LogP contribution is 2.31. The Hall–Kier alpha value is -1.75. The van der Waals surface area contributed by atoms with E-state index in [1.165, 1.54) is 24.9 Å². The van der Waals surface area contributed by atoms with Gasteiger partial charge in [-0.3, -0.25) is 0 Å². The number of piperidine rings is 1. The van der Waals surface area contributed by atoms with Crippen molar-refractivity contribution < 1.29 is 4.74 Å². The molecule has 2 aromatic heterocycles. The van der Waals surface area contributed by atoms with Crippen LogP contribution in [0.4, 0.5) is 5.69 Å². The fourth-order valence-corrected chi connectivity index (χ4v) is 3.68. The van der Waals surface area contributed by atoms with Crippen LogP contribution in [0.15, 0.2) is 24.7 Å². The van der Waals surface area contributed by atoms with Crippen molar-refractivity contribution in [3.05, 3.63) is 24.7 Å². The Balaban J connectivity index is 1.73. The normalized spacial score (nSPS) is 21.7. The number of pyridine rings is 1. The quantitative estimate of drug-likeness (QED) is 0.766. The smallest absolute Gasteiger partial charge is 0.180 e. The number of rotatable bonds is 6. The summed E-state index contributed by atoms with van der Waals surface area (Å²) in [6, 6.07) is 2.08. The van der Waals surface area contributed by atoms with Crippen LogP contribution in [0.3, 0.4) is 0 Å². The molecule has 1 saturated heterocycles. The maximum absolute atomic E-state index is 5.16. The zero-order valence-corrected chi connectivity index (χ0v) is 14.1. The van der Waals surface area contributed by atoms with Gasteiger partial charge in [0.15, 0.2) is 5.65 Å². The minimum absolute atomic E-state index is 0.705. The van der Waals surface area contributed by atoms with Gasteiger partial charge in [-0.2, -0.15) is 0 Å². The lowest BCUT2D eigenvalue weighted by Gasteiger charge is -2.38. The van der Waals surface area contributed by atoms with Gasteiger partial charge in [0, 0.05) is 45.4 Å². The minimum Gasteiger partial charge on any atom is -0.385 e. The van der Waals surface area contributed by atoms with Gasteiger partial charge < -0.3 is 9.64 Å². The molecule has 1 aliphatic rings. The van der Waals surface area contributed by atoms with Crippen molar-refractivity contribution in [1.82, 2.24) is 15.0 Å². The molecule has 1 aliphatic heterocycles. The topological polar surface area (TPSA) is 51.1 Å². The van der Waals surface area contributed by atoms with Crippen molar-refractivity contribution in [3.63, 3.8) is 0 Å². The number of anilines is 1. The van der Waals surface area contributed by atoms with Crippen molar-refractivity contribution in [2.45, 2.75) is 32.6 Å². The Morgan fingerprint density at radius 2 is 1.96 bits per heavy atom. The van der Waals surface area contributed by atoms with E-state index in [1.807, 2.05) is 6.20 Å². The van der Waals surface area contributed by atoms with E-state index in [9.17, 15) is 0 Å². The standard InChI is InChI=1S/C18H26N4O/c1-14-11-15(5-3-4-10-23-2)13-22(12-14)16-6-7-20-18-17(16)19-8-9-21-18/h6-9,14-15H,3-5,10-13H2,1-2H3/t14-,15+/m0/s1. The van der Waals surface area contributed by atoms with Gasteiger partial charge >= 0.3 is 0 Å². The monoisotopic (exact) mass is 314 g/mol. The van der Waals surface area contributed by atoms with Gasteiger partial charge in [0.1, 0.15) is 5.52 Å². The minimum atomic E-state index is 0.705. The Labute approximate surface area is 138 Å². The summed E-state index contributed by atoms with van der Waals surface area (Å²) in [7, 11) is 1.78. The Morgan fingerprint density at radius 1 is 1.13 bits per heavy atom. The van der Waals surface area contributed by atoms with Crippen LogP contribution in [0, 0.1) is 11.8 Å². The second kappa shape index (κ2) is 7.68. The molecule has 2 atom stereocenters. The average molecular weight is 314 g/mol. The number of ether oxygens (including phenoxy) is 1. The summed E-state index contributed by atoms with van der Waals surface area (Å²) in [6.45, 7) is 5.41. The third kappa shape index (κ3) is 3.96. The van der Waals surface area contributed by atoms with Gasteiger partial charge in [-0.1, -0.05) is 13.3 Å². The van der Waals surface area contributed by atoms with E-state index in [2.05, 4.69) is 32.8 Å². The summed E-state index contributed by atoms with van der Waals surface area (Å²) >= 11 is 0. The molecular formula is C18H26N4O. The largest absolute Gasteiger partial charge is 0.385 e. The lowest BCUT2D eigenvalue weighted by molar-refractivity contribution is 0.188. The van der Waals surface area contributed by atoms with E-state index in [4.69, 9.17) is 4.74 Å². The molecule has 0 saturated carbocycles. The van der Waals surface area contributed by atoms with E-state index in [-0.39, 0.29) is 0 Å². The number of methoxy groups -OCH3 is 1. The molecule has 23 heavy (non-hydrogen) atoms. The summed E-state index contributed by atoms with van der Waals surface area (Å²) in [6.07, 6.45) is 10.3. The lowest BCUT2D eigenvalue weighted by Crippen LogP contribution is -2.40. The van der Waals surface area contributed by atoms with Crippen LogP contribution in [0.1, 0.15) is 32.6 Å². The molecule has 0 aliphatic carbocycles.